The number of rotatable bonds is 4. The summed E-state index contributed by atoms with van der Waals surface area (Å²) in [5.41, 5.74) is 2.59. The molecule has 2 N–H and O–H groups in total. The number of likely N-dealkylation sites (tertiary alicyclic amines) is 1. The summed E-state index contributed by atoms with van der Waals surface area (Å²) in [5, 5.41) is 7.05. The molecule has 1 fully saturated rings. The summed E-state index contributed by atoms with van der Waals surface area (Å²) in [7, 11) is 0. The van der Waals surface area contributed by atoms with E-state index in [9.17, 15) is 4.79 Å². The van der Waals surface area contributed by atoms with Gasteiger partial charge in [-0.3, -0.25) is 0 Å². The number of aromatic nitrogens is 4. The second kappa shape index (κ2) is 7.61. The summed E-state index contributed by atoms with van der Waals surface area (Å²) in [6.07, 6.45) is 2.71. The van der Waals surface area contributed by atoms with Crippen molar-refractivity contribution in [3.8, 4) is 0 Å². The van der Waals surface area contributed by atoms with Crippen LogP contribution in [0.25, 0.3) is 11.0 Å². The Kier molecular flexibility index (Phi) is 5.02. The lowest BCUT2D eigenvalue weighted by atomic mass is 9.98. The molecule has 28 heavy (non-hydrogen) atoms. The second-order valence-electron chi connectivity index (χ2n) is 7.63. The summed E-state index contributed by atoms with van der Waals surface area (Å²) in [4.78, 5) is 26.9. The average molecular weight is 382 g/mol. The molecule has 8 heteroatoms. The molecule has 1 aliphatic rings. The number of hydrogen-bond acceptors (Lipinski definition) is 5. The van der Waals surface area contributed by atoms with Crippen LogP contribution in [0, 0.1) is 0 Å². The van der Waals surface area contributed by atoms with Crippen LogP contribution in [0.1, 0.15) is 63.0 Å². The first-order valence-corrected chi connectivity index (χ1v) is 9.91. The van der Waals surface area contributed by atoms with Crippen LogP contribution in [0.2, 0.25) is 0 Å². The van der Waals surface area contributed by atoms with Gasteiger partial charge in [-0.15, -0.1) is 0 Å². The van der Waals surface area contributed by atoms with Gasteiger partial charge in [-0.2, -0.15) is 4.98 Å². The lowest BCUT2D eigenvalue weighted by Crippen LogP contribution is -2.41. The van der Waals surface area contributed by atoms with Gasteiger partial charge in [-0.05, 0) is 31.0 Å². The number of carbonyl (C=O) groups excluding carboxylic acids is 1. The number of urea groups is 1. The maximum atomic E-state index is 12.8. The van der Waals surface area contributed by atoms with E-state index < -0.39 is 0 Å². The van der Waals surface area contributed by atoms with Crippen LogP contribution in [0.3, 0.4) is 0 Å². The highest BCUT2D eigenvalue weighted by Crippen LogP contribution is 2.27. The van der Waals surface area contributed by atoms with E-state index >= 15 is 0 Å². The van der Waals surface area contributed by atoms with Crippen molar-refractivity contribution in [1.82, 2.24) is 25.0 Å². The molecule has 2 amide bonds. The molecule has 3 aromatic rings. The van der Waals surface area contributed by atoms with Crippen molar-refractivity contribution in [2.24, 2.45) is 0 Å². The number of imidazole rings is 1. The molecular weight excluding hydrogens is 356 g/mol. The Balaban J connectivity index is 1.43. The molecule has 148 valence electrons. The maximum absolute atomic E-state index is 12.8. The quantitative estimate of drug-likeness (QED) is 0.709. The number of amides is 2. The van der Waals surface area contributed by atoms with Crippen molar-refractivity contribution in [2.75, 3.05) is 18.4 Å². The largest absolute Gasteiger partial charge is 0.342 e. The topological polar surface area (TPSA) is 99.9 Å². The van der Waals surface area contributed by atoms with E-state index in [-0.39, 0.29) is 17.9 Å². The Labute approximate surface area is 163 Å². The first-order valence-electron chi connectivity index (χ1n) is 9.91. The van der Waals surface area contributed by atoms with Crippen LogP contribution in [0.4, 0.5) is 10.5 Å². The minimum absolute atomic E-state index is 0.0849. The van der Waals surface area contributed by atoms with E-state index in [4.69, 9.17) is 4.52 Å². The van der Waals surface area contributed by atoms with Gasteiger partial charge in [0.2, 0.25) is 5.89 Å². The first-order chi connectivity index (χ1) is 13.5. The van der Waals surface area contributed by atoms with Crippen molar-refractivity contribution in [1.29, 1.82) is 0 Å². The molecule has 0 aliphatic carbocycles. The minimum atomic E-state index is -0.108. The van der Waals surface area contributed by atoms with Gasteiger partial charge in [0.1, 0.15) is 5.82 Å². The number of benzene rings is 1. The number of piperidine rings is 1. The Morgan fingerprint density at radius 1 is 1.39 bits per heavy atom. The highest BCUT2D eigenvalue weighted by molar-refractivity contribution is 5.92. The van der Waals surface area contributed by atoms with Crippen molar-refractivity contribution < 1.29 is 9.32 Å². The normalized spacial score (nSPS) is 17.4. The van der Waals surface area contributed by atoms with Gasteiger partial charge in [0, 0.05) is 31.1 Å². The molecule has 1 aliphatic heterocycles. The fourth-order valence-corrected chi connectivity index (χ4v) is 3.52. The number of anilines is 1. The lowest BCUT2D eigenvalue weighted by Gasteiger charge is -2.31. The molecule has 0 spiro atoms. The third-order valence-corrected chi connectivity index (χ3v) is 5.15. The molecule has 0 radical (unpaired) electrons. The Bertz CT molecular complexity index is 976. The van der Waals surface area contributed by atoms with Crippen LogP contribution < -0.4 is 5.32 Å². The number of fused-ring (bicyclic) bond motifs is 1. The van der Waals surface area contributed by atoms with Gasteiger partial charge in [0.25, 0.3) is 0 Å². The van der Waals surface area contributed by atoms with Crippen molar-refractivity contribution in [2.45, 2.75) is 51.9 Å². The fraction of sp³-hybridized carbons (Fsp3) is 0.500. The van der Waals surface area contributed by atoms with Gasteiger partial charge in [0.15, 0.2) is 5.82 Å². The zero-order chi connectivity index (χ0) is 19.7. The molecule has 0 saturated carbocycles. The maximum Gasteiger partial charge on any atom is 0.321 e. The van der Waals surface area contributed by atoms with Crippen molar-refractivity contribution in [3.63, 3.8) is 0 Å². The third kappa shape index (κ3) is 3.72. The van der Waals surface area contributed by atoms with Crippen LogP contribution >= 0.6 is 0 Å². The fourth-order valence-electron chi connectivity index (χ4n) is 3.52. The molecule has 1 saturated heterocycles. The molecule has 8 nitrogen and oxygen atoms in total. The zero-order valence-electron chi connectivity index (χ0n) is 16.5. The van der Waals surface area contributed by atoms with Crippen molar-refractivity contribution in [3.05, 3.63) is 35.7 Å². The Morgan fingerprint density at radius 3 is 3.00 bits per heavy atom. The van der Waals surface area contributed by atoms with Crippen LogP contribution in [0.15, 0.2) is 22.7 Å². The highest BCUT2D eigenvalue weighted by atomic mass is 16.5. The monoisotopic (exact) mass is 382 g/mol. The number of carbonyl (C=O) groups is 1. The Morgan fingerprint density at radius 2 is 2.25 bits per heavy atom. The van der Waals surface area contributed by atoms with E-state index in [0.717, 1.165) is 54.2 Å². The molecule has 1 aromatic carbocycles. The summed E-state index contributed by atoms with van der Waals surface area (Å²) >= 11 is 0. The molecule has 3 heterocycles. The van der Waals surface area contributed by atoms with E-state index in [1.54, 1.807) is 0 Å². The van der Waals surface area contributed by atoms with Crippen LogP contribution in [0.5, 0.6) is 0 Å². The number of hydrogen-bond donors (Lipinski definition) is 2. The first kappa shape index (κ1) is 18.5. The number of nitrogens with one attached hydrogen (secondary N) is 2. The van der Waals surface area contributed by atoms with Gasteiger partial charge in [-0.25, -0.2) is 9.78 Å². The SMILES string of the molecule is CCc1nc2ccc(NC(=O)N3CCC[C@H](c4nc(C(C)C)no4)C3)cc2[nH]1. The van der Waals surface area contributed by atoms with Crippen LogP contribution in [-0.4, -0.2) is 44.1 Å². The zero-order valence-corrected chi connectivity index (χ0v) is 16.5. The van der Waals surface area contributed by atoms with E-state index in [0.29, 0.717) is 12.4 Å². The van der Waals surface area contributed by atoms with Crippen molar-refractivity contribution >= 4 is 22.8 Å². The van der Waals surface area contributed by atoms with E-state index in [1.165, 1.54) is 0 Å². The summed E-state index contributed by atoms with van der Waals surface area (Å²) in [6, 6.07) is 5.62. The van der Waals surface area contributed by atoms with E-state index in [2.05, 4.69) is 32.3 Å². The molecule has 0 bridgehead atoms. The number of nitrogens with zero attached hydrogens (tertiary/aromatic N) is 4. The Hall–Kier alpha value is -2.90. The minimum Gasteiger partial charge on any atom is -0.342 e. The third-order valence-electron chi connectivity index (χ3n) is 5.15. The molecule has 0 unspecified atom stereocenters. The standard InChI is InChI=1S/C20H26N6O2/c1-4-17-22-15-8-7-14(10-16(15)23-17)21-20(27)26-9-5-6-13(11-26)19-24-18(12(2)3)25-28-19/h7-8,10,12-13H,4-6,9,11H2,1-3H3,(H,21,27)(H,22,23)/t13-/m0/s1. The average Bonchev–Trinajstić information content (AvgIpc) is 3.35. The summed E-state index contributed by atoms with van der Waals surface area (Å²) in [6.45, 7) is 7.43. The van der Waals surface area contributed by atoms with Gasteiger partial charge in [0.05, 0.1) is 17.0 Å². The van der Waals surface area contributed by atoms with E-state index in [1.807, 2.05) is 36.9 Å². The van der Waals surface area contributed by atoms with Gasteiger partial charge in [-0.1, -0.05) is 25.9 Å². The smallest absolute Gasteiger partial charge is 0.321 e. The predicted octanol–water partition coefficient (Wildman–Crippen LogP) is 4.04. The molecule has 2 aromatic heterocycles. The molecular formula is C20H26N6O2. The number of aromatic amines is 1. The second-order valence-corrected chi connectivity index (χ2v) is 7.63. The molecule has 4 rings (SSSR count). The van der Waals surface area contributed by atoms with Crippen LogP contribution in [-0.2, 0) is 6.42 Å². The summed E-state index contributed by atoms with van der Waals surface area (Å²) < 4.78 is 5.44. The number of aryl methyl sites for hydroxylation is 1. The number of H-pyrrole nitrogens is 1. The van der Waals surface area contributed by atoms with Gasteiger partial charge < -0.3 is 19.7 Å². The summed E-state index contributed by atoms with van der Waals surface area (Å²) in [5.74, 6) is 2.61. The highest BCUT2D eigenvalue weighted by Gasteiger charge is 2.29. The van der Waals surface area contributed by atoms with Gasteiger partial charge >= 0.3 is 6.03 Å². The lowest BCUT2D eigenvalue weighted by molar-refractivity contribution is 0.184. The predicted molar refractivity (Wildman–Crippen MR) is 106 cm³/mol. The molecule has 1 atom stereocenters.